The van der Waals surface area contributed by atoms with Gasteiger partial charge in [0.1, 0.15) is 5.54 Å². The minimum absolute atomic E-state index is 0.371. The Morgan fingerprint density at radius 3 is 1.61 bits per heavy atom. The first-order chi connectivity index (χ1) is 13.7. The maximum absolute atomic E-state index is 11.4. The molecule has 3 aromatic carbocycles. The Hall–Kier alpha value is -3.66. The fourth-order valence-corrected chi connectivity index (χ4v) is 3.64. The molecule has 0 amide bonds. The Kier molecular flexibility index (Phi) is 4.77. The minimum Gasteiger partial charge on any atom is -0.423 e. The van der Waals surface area contributed by atoms with E-state index in [4.69, 9.17) is 4.74 Å². The molecule has 0 aliphatic rings. The van der Waals surface area contributed by atoms with Crippen molar-refractivity contribution in [1.82, 2.24) is 9.78 Å². The molecule has 138 valence electrons. The number of aromatic nitrogens is 2. The van der Waals surface area contributed by atoms with Crippen molar-refractivity contribution < 1.29 is 9.53 Å². The van der Waals surface area contributed by atoms with Gasteiger partial charge in [-0.3, -0.25) is 4.79 Å². The van der Waals surface area contributed by atoms with Crippen molar-refractivity contribution in [1.29, 1.82) is 0 Å². The van der Waals surface area contributed by atoms with Gasteiger partial charge in [-0.05, 0) is 16.7 Å². The summed E-state index contributed by atoms with van der Waals surface area (Å²) in [6, 6.07) is 30.7. The second-order valence-electron chi connectivity index (χ2n) is 6.52. The largest absolute Gasteiger partial charge is 0.423 e. The third-order valence-corrected chi connectivity index (χ3v) is 4.74. The van der Waals surface area contributed by atoms with Gasteiger partial charge in [-0.15, -0.1) is 0 Å². The van der Waals surface area contributed by atoms with Crippen molar-refractivity contribution in [2.45, 2.75) is 12.5 Å². The summed E-state index contributed by atoms with van der Waals surface area (Å²) in [6.07, 6.45) is 3.35. The Labute approximate surface area is 164 Å². The summed E-state index contributed by atoms with van der Waals surface area (Å²) >= 11 is 0. The van der Waals surface area contributed by atoms with Crippen molar-refractivity contribution in [3.05, 3.63) is 120 Å². The van der Waals surface area contributed by atoms with Crippen LogP contribution in [0.25, 0.3) is 0 Å². The van der Waals surface area contributed by atoms with Gasteiger partial charge >= 0.3 is 5.97 Å². The summed E-state index contributed by atoms with van der Waals surface area (Å²) in [4.78, 5) is 11.4. The monoisotopic (exact) mass is 368 g/mol. The van der Waals surface area contributed by atoms with Crippen molar-refractivity contribution in [2.75, 3.05) is 0 Å². The standard InChI is InChI=1S/C24H20N2O2/c1-19(27)28-23-17-25-26(18-23)24(20-11-5-2-6-12-20,21-13-7-3-8-14-21)22-15-9-4-10-16-22/h2-18H,1H3. The molecule has 0 aliphatic heterocycles. The molecule has 4 rings (SSSR count). The Morgan fingerprint density at radius 2 is 1.21 bits per heavy atom. The molecule has 28 heavy (non-hydrogen) atoms. The summed E-state index contributed by atoms with van der Waals surface area (Å²) in [6.45, 7) is 1.39. The topological polar surface area (TPSA) is 44.1 Å². The van der Waals surface area contributed by atoms with E-state index in [0.29, 0.717) is 5.75 Å². The zero-order valence-electron chi connectivity index (χ0n) is 15.5. The van der Waals surface area contributed by atoms with Crippen LogP contribution < -0.4 is 4.74 Å². The molecule has 1 heterocycles. The zero-order chi connectivity index (χ0) is 19.4. The molecule has 0 aliphatic carbocycles. The van der Waals surface area contributed by atoms with E-state index in [0.717, 1.165) is 16.7 Å². The van der Waals surface area contributed by atoms with Crippen molar-refractivity contribution >= 4 is 5.97 Å². The van der Waals surface area contributed by atoms with E-state index >= 15 is 0 Å². The van der Waals surface area contributed by atoms with E-state index in [1.54, 1.807) is 12.4 Å². The Bertz CT molecular complexity index is 961. The lowest BCUT2D eigenvalue weighted by atomic mass is 9.77. The number of rotatable bonds is 5. The average molecular weight is 368 g/mol. The third-order valence-electron chi connectivity index (χ3n) is 4.74. The number of carbonyl (C=O) groups is 1. The Balaban J connectivity index is 2.04. The molecule has 0 bridgehead atoms. The summed E-state index contributed by atoms with van der Waals surface area (Å²) in [7, 11) is 0. The molecule has 4 heteroatoms. The first-order valence-electron chi connectivity index (χ1n) is 9.11. The fourth-order valence-electron chi connectivity index (χ4n) is 3.64. The number of ether oxygens (including phenoxy) is 1. The molecule has 0 N–H and O–H groups in total. The number of hydrogen-bond donors (Lipinski definition) is 0. The van der Waals surface area contributed by atoms with Crippen molar-refractivity contribution in [3.8, 4) is 5.75 Å². The van der Waals surface area contributed by atoms with E-state index in [1.165, 1.54) is 6.92 Å². The van der Waals surface area contributed by atoms with Gasteiger partial charge in [0.05, 0.1) is 12.4 Å². The van der Waals surface area contributed by atoms with E-state index in [-0.39, 0.29) is 5.97 Å². The van der Waals surface area contributed by atoms with Crippen LogP contribution in [0, 0.1) is 0 Å². The van der Waals surface area contributed by atoms with E-state index in [1.807, 2.05) is 59.3 Å². The lowest BCUT2D eigenvalue weighted by Crippen LogP contribution is -2.38. The molecule has 0 unspecified atom stereocenters. The number of hydrogen-bond acceptors (Lipinski definition) is 3. The fraction of sp³-hybridized carbons (Fsp3) is 0.0833. The number of nitrogens with zero attached hydrogens (tertiary/aromatic N) is 2. The first-order valence-corrected chi connectivity index (χ1v) is 9.11. The lowest BCUT2D eigenvalue weighted by Gasteiger charge is -2.36. The predicted molar refractivity (Wildman–Crippen MR) is 108 cm³/mol. The van der Waals surface area contributed by atoms with Crippen molar-refractivity contribution in [3.63, 3.8) is 0 Å². The second-order valence-corrected chi connectivity index (χ2v) is 6.52. The SMILES string of the molecule is CC(=O)Oc1cnn(C(c2ccccc2)(c2ccccc2)c2ccccc2)c1. The molecule has 0 atom stereocenters. The third kappa shape index (κ3) is 3.09. The number of benzene rings is 3. The highest BCUT2D eigenvalue weighted by Gasteiger charge is 2.39. The number of carbonyl (C=O) groups excluding carboxylic acids is 1. The van der Waals surface area contributed by atoms with E-state index in [2.05, 4.69) is 41.5 Å². The second kappa shape index (κ2) is 7.53. The van der Waals surface area contributed by atoms with Crippen LogP contribution in [0.2, 0.25) is 0 Å². The van der Waals surface area contributed by atoms with Gasteiger partial charge in [0.25, 0.3) is 0 Å². The van der Waals surface area contributed by atoms with Crippen LogP contribution >= 0.6 is 0 Å². The van der Waals surface area contributed by atoms with Gasteiger partial charge in [0.2, 0.25) is 0 Å². The maximum atomic E-state index is 11.4. The van der Waals surface area contributed by atoms with Crippen LogP contribution in [0.4, 0.5) is 0 Å². The van der Waals surface area contributed by atoms with Gasteiger partial charge < -0.3 is 4.74 Å². The highest BCUT2D eigenvalue weighted by atomic mass is 16.5. The van der Waals surface area contributed by atoms with Crippen molar-refractivity contribution in [2.24, 2.45) is 0 Å². The molecule has 0 saturated carbocycles. The van der Waals surface area contributed by atoms with Crippen LogP contribution in [-0.2, 0) is 10.3 Å². The normalized spacial score (nSPS) is 11.2. The highest BCUT2D eigenvalue weighted by Crippen LogP contribution is 2.40. The summed E-state index contributed by atoms with van der Waals surface area (Å²) < 4.78 is 7.14. The van der Waals surface area contributed by atoms with Crippen LogP contribution in [0.5, 0.6) is 5.75 Å². The maximum Gasteiger partial charge on any atom is 0.308 e. The molecule has 4 aromatic rings. The lowest BCUT2D eigenvalue weighted by molar-refractivity contribution is -0.131. The first kappa shape index (κ1) is 17.7. The molecule has 0 radical (unpaired) electrons. The predicted octanol–water partition coefficient (Wildman–Crippen LogP) is 4.65. The molecule has 0 fully saturated rings. The van der Waals surface area contributed by atoms with E-state index < -0.39 is 5.54 Å². The molecule has 0 saturated heterocycles. The molecular formula is C24H20N2O2. The smallest absolute Gasteiger partial charge is 0.308 e. The van der Waals surface area contributed by atoms with Gasteiger partial charge in [-0.2, -0.15) is 5.10 Å². The molecule has 1 aromatic heterocycles. The van der Waals surface area contributed by atoms with Crippen LogP contribution in [0.15, 0.2) is 103 Å². The zero-order valence-corrected chi connectivity index (χ0v) is 15.5. The van der Waals surface area contributed by atoms with Gasteiger partial charge in [-0.1, -0.05) is 91.0 Å². The van der Waals surface area contributed by atoms with E-state index in [9.17, 15) is 4.79 Å². The molecular weight excluding hydrogens is 348 g/mol. The quantitative estimate of drug-likeness (QED) is 0.380. The summed E-state index contributed by atoms with van der Waals surface area (Å²) in [5.41, 5.74) is 2.47. The molecule has 4 nitrogen and oxygen atoms in total. The summed E-state index contributed by atoms with van der Waals surface area (Å²) in [5, 5.41) is 4.61. The van der Waals surface area contributed by atoms with Gasteiger partial charge in [0.15, 0.2) is 5.75 Å². The highest BCUT2D eigenvalue weighted by molar-refractivity contribution is 5.69. The Morgan fingerprint density at radius 1 is 0.786 bits per heavy atom. The van der Waals surface area contributed by atoms with Gasteiger partial charge in [-0.25, -0.2) is 4.68 Å². The van der Waals surface area contributed by atoms with Gasteiger partial charge in [0, 0.05) is 6.92 Å². The number of esters is 1. The molecule has 0 spiro atoms. The minimum atomic E-state index is -0.706. The van der Waals surface area contributed by atoms with Crippen LogP contribution in [0.3, 0.4) is 0 Å². The van der Waals surface area contributed by atoms with Crippen LogP contribution in [-0.4, -0.2) is 15.7 Å². The van der Waals surface area contributed by atoms with Crippen LogP contribution in [0.1, 0.15) is 23.6 Å². The summed E-state index contributed by atoms with van der Waals surface area (Å²) in [5.74, 6) is 0.0453. The average Bonchev–Trinajstić information content (AvgIpc) is 3.19.